The minimum absolute atomic E-state index is 0.0250. The van der Waals surface area contributed by atoms with Crippen molar-refractivity contribution in [2.75, 3.05) is 12.3 Å². The molecule has 146 valence electrons. The number of aromatic nitrogens is 3. The maximum Gasteiger partial charge on any atom is 0.233 e. The first-order valence-electron chi connectivity index (χ1n) is 8.79. The lowest BCUT2D eigenvalue weighted by Gasteiger charge is -2.21. The van der Waals surface area contributed by atoms with Crippen LogP contribution in [-0.4, -0.2) is 37.9 Å². The van der Waals surface area contributed by atoms with Crippen molar-refractivity contribution < 1.29 is 4.79 Å². The predicted octanol–water partition coefficient (Wildman–Crippen LogP) is 5.02. The van der Waals surface area contributed by atoms with Gasteiger partial charge in [0.2, 0.25) is 5.91 Å². The standard InChI is InChI=1S/C20H20Cl2N4OS/c1-3-25(11-15-6-9-17(21)18(22)10-15)19(27)12-28-20-24-23-13-26(20)16-7-4-14(2)5-8-16/h4-10,13H,3,11-12H2,1-2H3. The minimum atomic E-state index is 0.0250. The number of nitrogens with zero attached hydrogens (tertiary/aromatic N) is 4. The van der Waals surface area contributed by atoms with Crippen LogP contribution in [0.1, 0.15) is 18.1 Å². The summed E-state index contributed by atoms with van der Waals surface area (Å²) in [6.07, 6.45) is 1.66. The zero-order valence-corrected chi connectivity index (χ0v) is 17.9. The van der Waals surface area contributed by atoms with Gasteiger partial charge < -0.3 is 4.90 Å². The summed E-state index contributed by atoms with van der Waals surface area (Å²) >= 11 is 13.4. The molecule has 5 nitrogen and oxygen atoms in total. The van der Waals surface area contributed by atoms with Crippen molar-refractivity contribution in [2.24, 2.45) is 0 Å². The van der Waals surface area contributed by atoms with Gasteiger partial charge in [-0.3, -0.25) is 9.36 Å². The normalized spacial score (nSPS) is 10.9. The quantitative estimate of drug-likeness (QED) is 0.489. The van der Waals surface area contributed by atoms with Crippen molar-refractivity contribution >= 4 is 40.9 Å². The molecule has 3 rings (SSSR count). The van der Waals surface area contributed by atoms with Gasteiger partial charge in [-0.2, -0.15) is 0 Å². The van der Waals surface area contributed by atoms with Crippen molar-refractivity contribution in [3.8, 4) is 5.69 Å². The second kappa shape index (κ2) is 9.45. The minimum Gasteiger partial charge on any atom is -0.338 e. The summed E-state index contributed by atoms with van der Waals surface area (Å²) in [5, 5.41) is 9.82. The third-order valence-electron chi connectivity index (χ3n) is 4.25. The molecule has 0 saturated carbocycles. The molecule has 0 atom stereocenters. The number of thioether (sulfide) groups is 1. The number of amides is 1. The number of carbonyl (C=O) groups excluding carboxylic acids is 1. The highest BCUT2D eigenvalue weighted by Crippen LogP contribution is 2.24. The van der Waals surface area contributed by atoms with E-state index in [-0.39, 0.29) is 11.7 Å². The van der Waals surface area contributed by atoms with E-state index in [9.17, 15) is 4.79 Å². The molecule has 0 bridgehead atoms. The van der Waals surface area contributed by atoms with Gasteiger partial charge in [-0.25, -0.2) is 0 Å². The smallest absolute Gasteiger partial charge is 0.233 e. The average molecular weight is 435 g/mol. The fourth-order valence-electron chi connectivity index (χ4n) is 2.66. The SMILES string of the molecule is CCN(Cc1ccc(Cl)c(Cl)c1)C(=O)CSc1nncn1-c1ccc(C)cc1. The summed E-state index contributed by atoms with van der Waals surface area (Å²) in [7, 11) is 0. The van der Waals surface area contributed by atoms with Crippen LogP contribution in [0, 0.1) is 6.92 Å². The zero-order chi connectivity index (χ0) is 20.1. The van der Waals surface area contributed by atoms with Crippen molar-refractivity contribution in [1.29, 1.82) is 0 Å². The lowest BCUT2D eigenvalue weighted by atomic mass is 10.2. The van der Waals surface area contributed by atoms with Crippen LogP contribution in [-0.2, 0) is 11.3 Å². The van der Waals surface area contributed by atoms with Crippen molar-refractivity contribution in [1.82, 2.24) is 19.7 Å². The van der Waals surface area contributed by atoms with Crippen LogP contribution in [0.15, 0.2) is 53.9 Å². The van der Waals surface area contributed by atoms with E-state index in [0.717, 1.165) is 11.3 Å². The van der Waals surface area contributed by atoms with Crippen molar-refractivity contribution in [2.45, 2.75) is 25.5 Å². The van der Waals surface area contributed by atoms with E-state index in [2.05, 4.69) is 10.2 Å². The maximum atomic E-state index is 12.7. The second-order valence-electron chi connectivity index (χ2n) is 6.26. The Morgan fingerprint density at radius 3 is 2.57 bits per heavy atom. The summed E-state index contributed by atoms with van der Waals surface area (Å²) in [6, 6.07) is 13.5. The summed E-state index contributed by atoms with van der Waals surface area (Å²) in [6.45, 7) is 5.08. The Morgan fingerprint density at radius 2 is 1.89 bits per heavy atom. The molecule has 0 aliphatic heterocycles. The molecule has 28 heavy (non-hydrogen) atoms. The molecule has 8 heteroatoms. The van der Waals surface area contributed by atoms with E-state index in [4.69, 9.17) is 23.2 Å². The molecule has 0 unspecified atom stereocenters. The second-order valence-corrected chi connectivity index (χ2v) is 8.02. The number of hydrogen-bond donors (Lipinski definition) is 0. The van der Waals surface area contributed by atoms with Gasteiger partial charge in [-0.1, -0.05) is 58.7 Å². The lowest BCUT2D eigenvalue weighted by molar-refractivity contribution is -0.128. The van der Waals surface area contributed by atoms with Gasteiger partial charge in [0.05, 0.1) is 15.8 Å². The van der Waals surface area contributed by atoms with Gasteiger partial charge in [0.25, 0.3) is 0 Å². The molecular weight excluding hydrogens is 415 g/mol. The molecule has 0 radical (unpaired) electrons. The van der Waals surface area contributed by atoms with Crippen molar-refractivity contribution in [3.05, 3.63) is 70.0 Å². The molecule has 0 aliphatic rings. The Labute approximate surface area is 178 Å². The summed E-state index contributed by atoms with van der Waals surface area (Å²) in [5.74, 6) is 0.303. The van der Waals surface area contributed by atoms with Crippen LogP contribution in [0.4, 0.5) is 0 Å². The Balaban J connectivity index is 1.65. The molecule has 0 aliphatic carbocycles. The highest BCUT2D eigenvalue weighted by molar-refractivity contribution is 7.99. The van der Waals surface area contributed by atoms with Crippen LogP contribution in [0.5, 0.6) is 0 Å². The van der Waals surface area contributed by atoms with E-state index in [1.807, 2.05) is 48.7 Å². The van der Waals surface area contributed by atoms with Gasteiger partial charge in [0, 0.05) is 18.8 Å². The van der Waals surface area contributed by atoms with Gasteiger partial charge in [0.1, 0.15) is 6.33 Å². The Morgan fingerprint density at radius 1 is 1.14 bits per heavy atom. The maximum absolute atomic E-state index is 12.7. The van der Waals surface area contributed by atoms with E-state index in [1.165, 1.54) is 17.3 Å². The van der Waals surface area contributed by atoms with Crippen LogP contribution in [0.3, 0.4) is 0 Å². The number of rotatable bonds is 7. The number of carbonyl (C=O) groups is 1. The zero-order valence-electron chi connectivity index (χ0n) is 15.6. The monoisotopic (exact) mass is 434 g/mol. The van der Waals surface area contributed by atoms with Gasteiger partial charge >= 0.3 is 0 Å². The Bertz CT molecular complexity index is 959. The first-order valence-corrected chi connectivity index (χ1v) is 10.5. The topological polar surface area (TPSA) is 51.0 Å². The van der Waals surface area contributed by atoms with Gasteiger partial charge in [-0.05, 0) is 43.7 Å². The van der Waals surface area contributed by atoms with Crippen LogP contribution in [0.2, 0.25) is 10.0 Å². The lowest BCUT2D eigenvalue weighted by Crippen LogP contribution is -2.31. The molecule has 0 fully saturated rings. The molecule has 0 N–H and O–H groups in total. The first kappa shape index (κ1) is 20.7. The summed E-state index contributed by atoms with van der Waals surface area (Å²) in [5.41, 5.74) is 3.09. The molecule has 1 amide bonds. The van der Waals surface area contributed by atoms with Gasteiger partial charge in [0.15, 0.2) is 5.16 Å². The first-order chi connectivity index (χ1) is 13.5. The fourth-order valence-corrected chi connectivity index (χ4v) is 3.81. The third-order valence-corrected chi connectivity index (χ3v) is 5.91. The van der Waals surface area contributed by atoms with E-state index in [0.29, 0.717) is 28.3 Å². The summed E-state index contributed by atoms with van der Waals surface area (Å²) in [4.78, 5) is 14.5. The number of benzene rings is 2. The van der Waals surface area contributed by atoms with E-state index < -0.39 is 0 Å². The third kappa shape index (κ3) is 5.07. The highest BCUT2D eigenvalue weighted by Gasteiger charge is 2.16. The average Bonchev–Trinajstić information content (AvgIpc) is 3.16. The van der Waals surface area contributed by atoms with E-state index in [1.54, 1.807) is 23.4 Å². The fraction of sp³-hybridized carbons (Fsp3) is 0.250. The largest absolute Gasteiger partial charge is 0.338 e. The van der Waals surface area contributed by atoms with Crippen LogP contribution < -0.4 is 0 Å². The van der Waals surface area contributed by atoms with E-state index >= 15 is 0 Å². The Kier molecular flexibility index (Phi) is 6.99. The molecule has 1 heterocycles. The number of hydrogen-bond acceptors (Lipinski definition) is 4. The van der Waals surface area contributed by atoms with Crippen LogP contribution in [0.25, 0.3) is 5.69 Å². The Hall–Kier alpha value is -2.02. The van der Waals surface area contributed by atoms with Crippen molar-refractivity contribution in [3.63, 3.8) is 0 Å². The molecule has 3 aromatic rings. The molecule has 1 aromatic heterocycles. The number of aryl methyl sites for hydroxylation is 1. The highest BCUT2D eigenvalue weighted by atomic mass is 35.5. The molecule has 0 spiro atoms. The molecule has 2 aromatic carbocycles. The summed E-state index contributed by atoms with van der Waals surface area (Å²) < 4.78 is 1.88. The molecular formula is C20H20Cl2N4OS. The van der Waals surface area contributed by atoms with Gasteiger partial charge in [-0.15, -0.1) is 10.2 Å². The number of halogens is 2. The predicted molar refractivity (Wildman–Crippen MR) is 114 cm³/mol. The van der Waals surface area contributed by atoms with Crippen LogP contribution >= 0.6 is 35.0 Å². The molecule has 0 saturated heterocycles.